The lowest BCUT2D eigenvalue weighted by molar-refractivity contribution is -0.0907. The third kappa shape index (κ3) is 0.764. The van der Waals surface area contributed by atoms with Gasteiger partial charge in [0.2, 0.25) is 1.43 Å². The van der Waals surface area contributed by atoms with Crippen LogP contribution >= 0.6 is 0 Å². The lowest BCUT2D eigenvalue weighted by Crippen LogP contribution is -2.18. The highest BCUT2D eigenvalue weighted by atomic mass is 16.7. The van der Waals surface area contributed by atoms with Gasteiger partial charge < -0.3 is 14.6 Å². The highest BCUT2D eigenvalue weighted by Gasteiger charge is 2.40. The van der Waals surface area contributed by atoms with E-state index in [2.05, 4.69) is 5.11 Å². The minimum absolute atomic E-state index is 0.0625. The van der Waals surface area contributed by atoms with Crippen molar-refractivity contribution >= 4 is 0 Å². The minimum atomic E-state index is -0.0876. The van der Waals surface area contributed by atoms with Crippen LogP contribution in [-0.4, -0.2) is 32.1 Å². The van der Waals surface area contributed by atoms with E-state index in [0.29, 0.717) is 12.5 Å². The first kappa shape index (κ1) is 4.66. The molecule has 2 rings (SSSR count). The van der Waals surface area contributed by atoms with Gasteiger partial charge >= 0.3 is 0 Å². The Bertz CT molecular complexity index is 130. The third-order valence-corrected chi connectivity index (χ3v) is 1.99. The molecule has 0 aromatic carbocycles. The van der Waals surface area contributed by atoms with E-state index >= 15 is 0 Å². The molecule has 2 fully saturated rings. The minimum Gasteiger partial charge on any atom is -0.390 e. The van der Waals surface area contributed by atoms with Crippen molar-refractivity contribution in [1.82, 2.24) is 0 Å². The van der Waals surface area contributed by atoms with Crippen molar-refractivity contribution in [2.45, 2.75) is 18.8 Å². The second kappa shape index (κ2) is 1.94. The van der Waals surface area contributed by atoms with E-state index in [1.807, 2.05) is 0 Å². The maximum absolute atomic E-state index is 6.72. The van der Waals surface area contributed by atoms with Crippen LogP contribution in [0.4, 0.5) is 0 Å². The van der Waals surface area contributed by atoms with Gasteiger partial charge in [-0.2, -0.15) is 0 Å². The van der Waals surface area contributed by atoms with Crippen molar-refractivity contribution in [1.29, 1.82) is 1.43 Å². The molecule has 2 aliphatic rings. The second-order valence-corrected chi connectivity index (χ2v) is 2.56. The first-order chi connectivity index (χ1) is 4.92. The molecule has 0 amide bonds. The van der Waals surface area contributed by atoms with Gasteiger partial charge in [0.25, 0.3) is 0 Å². The van der Waals surface area contributed by atoms with Crippen LogP contribution in [-0.2, 0) is 9.47 Å². The fourth-order valence-corrected chi connectivity index (χ4v) is 1.43. The molecule has 3 heteroatoms. The van der Waals surface area contributed by atoms with Crippen LogP contribution in [0.3, 0.4) is 0 Å². The second-order valence-electron chi connectivity index (χ2n) is 2.56. The summed E-state index contributed by atoms with van der Waals surface area (Å²) in [6.07, 6.45) is 0.816. The predicted molar refractivity (Wildman–Crippen MR) is 29.8 cm³/mol. The number of ether oxygens (including phenoxy) is 2. The molecule has 52 valence electrons. The van der Waals surface area contributed by atoms with Crippen LogP contribution in [0.25, 0.3) is 0 Å². The molecule has 0 aromatic rings. The van der Waals surface area contributed by atoms with Crippen molar-refractivity contribution in [2.75, 3.05) is 13.2 Å². The summed E-state index contributed by atoms with van der Waals surface area (Å²) in [6.45, 7) is 1.26. The zero-order chi connectivity index (χ0) is 6.97. The number of aliphatic hydroxyl groups excluding tert-OH is 1. The number of hydrogen-bond donors (Lipinski definition) is 1. The number of fused-ring (bicyclic) bond motifs is 1. The van der Waals surface area contributed by atoms with Crippen LogP contribution in [0.5, 0.6) is 0 Å². The highest BCUT2D eigenvalue weighted by Crippen LogP contribution is 2.30. The van der Waals surface area contributed by atoms with Crippen LogP contribution < -0.4 is 0 Å². The maximum atomic E-state index is 6.72. The quantitative estimate of drug-likeness (QED) is 0.533. The van der Waals surface area contributed by atoms with E-state index in [1.165, 1.54) is 0 Å². The standard InChI is InChI=1S/C6H10O3/c7-5-3-9-6-4(5)1-2-8-6/h4-7H,1-3H2/t4-,5-,6+/m0/s1/i7D. The average molecular weight is 131 g/mol. The molecule has 2 aliphatic heterocycles. The molecule has 0 aromatic heterocycles. The van der Waals surface area contributed by atoms with Gasteiger partial charge in [0, 0.05) is 5.92 Å². The molecular formula is C6H10O3. The summed E-state index contributed by atoms with van der Waals surface area (Å²) < 4.78 is 17.2. The molecular weight excluding hydrogens is 120 g/mol. The van der Waals surface area contributed by atoms with Gasteiger partial charge in [-0.1, -0.05) is 0 Å². The summed E-state index contributed by atoms with van der Waals surface area (Å²) in [5.74, 6) is 0.303. The van der Waals surface area contributed by atoms with Gasteiger partial charge in [-0.3, -0.25) is 0 Å². The molecule has 0 unspecified atom stereocenters. The molecule has 0 radical (unpaired) electrons. The lowest BCUT2D eigenvalue weighted by Gasteiger charge is -2.06. The van der Waals surface area contributed by atoms with Crippen molar-refractivity contribution in [3.63, 3.8) is 0 Å². The molecule has 0 bridgehead atoms. The maximum Gasteiger partial charge on any atom is 0.211 e. The molecule has 3 atom stereocenters. The van der Waals surface area contributed by atoms with Gasteiger partial charge in [0.15, 0.2) is 6.29 Å². The molecule has 2 saturated heterocycles. The monoisotopic (exact) mass is 131 g/mol. The summed E-state index contributed by atoms with van der Waals surface area (Å²) in [6, 6.07) is 0. The fourth-order valence-electron chi connectivity index (χ4n) is 1.43. The van der Waals surface area contributed by atoms with Crippen molar-refractivity contribution < 1.29 is 14.6 Å². The lowest BCUT2D eigenvalue weighted by atomic mass is 10.0. The zero-order valence-electron chi connectivity index (χ0n) is 6.08. The van der Waals surface area contributed by atoms with Gasteiger partial charge in [0.1, 0.15) is 0 Å². The summed E-state index contributed by atoms with van der Waals surface area (Å²) in [7, 11) is 0. The summed E-state index contributed by atoms with van der Waals surface area (Å²) in [5, 5.41) is 4.47. The largest absolute Gasteiger partial charge is 0.390 e. The molecule has 0 aliphatic carbocycles. The Labute approximate surface area is 55.1 Å². The van der Waals surface area contributed by atoms with E-state index in [0.717, 1.165) is 13.0 Å². The molecule has 0 saturated carbocycles. The number of rotatable bonds is 1. The Morgan fingerprint density at radius 3 is 3.44 bits per heavy atom. The van der Waals surface area contributed by atoms with Crippen molar-refractivity contribution in [3.8, 4) is 0 Å². The fraction of sp³-hybridized carbons (Fsp3) is 1.00. The van der Waals surface area contributed by atoms with Gasteiger partial charge in [-0.05, 0) is 6.42 Å². The van der Waals surface area contributed by atoms with Crippen molar-refractivity contribution in [2.24, 2.45) is 5.92 Å². The summed E-state index contributed by atoms with van der Waals surface area (Å²) >= 11 is 0. The summed E-state index contributed by atoms with van der Waals surface area (Å²) in [5.41, 5.74) is 0. The molecule has 2 heterocycles. The van der Waals surface area contributed by atoms with Gasteiger partial charge in [-0.25, -0.2) is 0 Å². The van der Waals surface area contributed by atoms with Crippen LogP contribution in [0.2, 0.25) is 0 Å². The van der Waals surface area contributed by atoms with Gasteiger partial charge in [-0.15, -0.1) is 0 Å². The van der Waals surface area contributed by atoms with E-state index in [9.17, 15) is 0 Å². The Kier molecular flexibility index (Phi) is 1.00. The van der Waals surface area contributed by atoms with E-state index < -0.39 is 0 Å². The SMILES string of the molecule is [2H]O[C@H]1CO[C@H]2OCC[C@H]21. The van der Waals surface area contributed by atoms with Crippen LogP contribution in [0.1, 0.15) is 6.42 Å². The van der Waals surface area contributed by atoms with E-state index in [4.69, 9.17) is 10.9 Å². The van der Waals surface area contributed by atoms with E-state index in [1.54, 1.807) is 0 Å². The number of hydrogen-bond acceptors (Lipinski definition) is 3. The Balaban J connectivity index is 2.01. The number of aliphatic hydroxyl groups is 1. The first-order valence-corrected chi connectivity index (χ1v) is 3.27. The zero-order valence-corrected chi connectivity index (χ0v) is 5.08. The Morgan fingerprint density at radius 1 is 1.56 bits per heavy atom. The Morgan fingerprint density at radius 2 is 2.56 bits per heavy atom. The van der Waals surface area contributed by atoms with Crippen molar-refractivity contribution in [3.05, 3.63) is 0 Å². The third-order valence-electron chi connectivity index (χ3n) is 1.99. The summed E-state index contributed by atoms with van der Waals surface area (Å²) in [4.78, 5) is 0. The smallest absolute Gasteiger partial charge is 0.211 e. The molecule has 0 spiro atoms. The molecule has 9 heavy (non-hydrogen) atoms. The van der Waals surface area contributed by atoms with Gasteiger partial charge in [0.05, 0.1) is 19.3 Å². The van der Waals surface area contributed by atoms with E-state index in [-0.39, 0.29) is 12.4 Å². The highest BCUT2D eigenvalue weighted by molar-refractivity contribution is 4.81. The normalized spacial score (nSPS) is 51.1. The molecule has 1 N–H and O–H groups in total. The Hall–Kier alpha value is -0.120. The topological polar surface area (TPSA) is 38.7 Å². The van der Waals surface area contributed by atoms with Crippen LogP contribution in [0, 0.1) is 5.92 Å². The first-order valence-electron chi connectivity index (χ1n) is 3.68. The van der Waals surface area contributed by atoms with Crippen LogP contribution in [0.15, 0.2) is 0 Å². The average Bonchev–Trinajstić information content (AvgIpc) is 2.44. The predicted octanol–water partition coefficient (Wildman–Crippen LogP) is -0.260. The molecule has 3 nitrogen and oxygen atoms in total.